The minimum Gasteiger partial charge on any atom is -0.496 e. The van der Waals surface area contributed by atoms with E-state index in [-0.39, 0.29) is 29.4 Å². The Morgan fingerprint density at radius 1 is 1.20 bits per heavy atom. The molecule has 1 atom stereocenters. The van der Waals surface area contributed by atoms with Crippen LogP contribution in [-0.2, 0) is 26.4 Å². The molecule has 5 rings (SSSR count). The average Bonchev–Trinajstić information content (AvgIpc) is 3.50. The van der Waals surface area contributed by atoms with Crippen LogP contribution in [0.4, 0.5) is 4.39 Å². The molecule has 216 valence electrons. The molecular weight excluding hydrogens is 537 g/mol. The number of nitrogens with zero attached hydrogens (tertiary/aromatic N) is 3. The first kappa shape index (κ1) is 28.2. The molecule has 1 saturated heterocycles. The van der Waals surface area contributed by atoms with Crippen LogP contribution in [0.3, 0.4) is 0 Å². The summed E-state index contributed by atoms with van der Waals surface area (Å²) in [5.74, 6) is -1.29. The molecule has 12 heteroatoms. The van der Waals surface area contributed by atoms with Crippen LogP contribution >= 0.6 is 0 Å². The van der Waals surface area contributed by atoms with Gasteiger partial charge < -0.3 is 23.7 Å². The summed E-state index contributed by atoms with van der Waals surface area (Å²) in [5.41, 5.74) is -2.46. The molecule has 2 aromatic carbocycles. The highest BCUT2D eigenvalue weighted by Crippen LogP contribution is 2.33. The fourth-order valence-corrected chi connectivity index (χ4v) is 5.02. The van der Waals surface area contributed by atoms with Crippen molar-refractivity contribution in [1.29, 1.82) is 0 Å². The molecule has 0 amide bonds. The molecule has 1 aliphatic heterocycles. The molecule has 1 aliphatic rings. The van der Waals surface area contributed by atoms with Gasteiger partial charge in [0, 0.05) is 24.3 Å². The number of halogens is 1. The smallest absolute Gasteiger partial charge is 0.332 e. The molecule has 1 fully saturated rings. The summed E-state index contributed by atoms with van der Waals surface area (Å²) in [4.78, 5) is 44.1. The number of carboxylic acid groups (broad SMARTS) is 1. The zero-order valence-corrected chi connectivity index (χ0v) is 22.8. The van der Waals surface area contributed by atoms with Crippen LogP contribution in [0.15, 0.2) is 62.9 Å². The number of benzene rings is 2. The van der Waals surface area contributed by atoms with Crippen LogP contribution in [0.25, 0.3) is 22.4 Å². The van der Waals surface area contributed by atoms with E-state index in [0.29, 0.717) is 47.5 Å². The fourth-order valence-electron chi connectivity index (χ4n) is 5.02. The first-order valence-corrected chi connectivity index (χ1v) is 13.1. The van der Waals surface area contributed by atoms with Crippen molar-refractivity contribution < 1.29 is 32.9 Å². The number of carbonyl (C=O) groups is 1. The van der Waals surface area contributed by atoms with Gasteiger partial charge in [0.05, 0.1) is 36.9 Å². The lowest BCUT2D eigenvalue weighted by molar-refractivity contribution is -0.146. The minimum absolute atomic E-state index is 0.0747. The highest BCUT2D eigenvalue weighted by atomic mass is 19.1. The van der Waals surface area contributed by atoms with Crippen molar-refractivity contribution in [3.63, 3.8) is 0 Å². The largest absolute Gasteiger partial charge is 0.496 e. The Morgan fingerprint density at radius 2 is 1.95 bits per heavy atom. The molecule has 0 saturated carbocycles. The lowest BCUT2D eigenvalue weighted by Gasteiger charge is -2.30. The van der Waals surface area contributed by atoms with Gasteiger partial charge >= 0.3 is 11.7 Å². The zero-order chi connectivity index (χ0) is 29.3. The minimum atomic E-state index is -1.89. The van der Waals surface area contributed by atoms with E-state index in [0.717, 1.165) is 0 Å². The van der Waals surface area contributed by atoms with E-state index in [1.807, 2.05) is 0 Å². The topological polar surface area (TPSA) is 135 Å². The van der Waals surface area contributed by atoms with Crippen molar-refractivity contribution in [1.82, 2.24) is 14.1 Å². The summed E-state index contributed by atoms with van der Waals surface area (Å²) in [6, 6.07) is 8.74. The molecule has 2 aromatic heterocycles. The van der Waals surface area contributed by atoms with Gasteiger partial charge in [-0.2, -0.15) is 0 Å². The molecule has 1 unspecified atom stereocenters. The lowest BCUT2D eigenvalue weighted by Crippen LogP contribution is -2.53. The highest BCUT2D eigenvalue weighted by Gasteiger charge is 2.35. The Morgan fingerprint density at radius 3 is 2.61 bits per heavy atom. The number of fused-ring (bicyclic) bond motifs is 1. The van der Waals surface area contributed by atoms with E-state index in [2.05, 4.69) is 4.98 Å². The summed E-state index contributed by atoms with van der Waals surface area (Å²) in [6.07, 6.45) is 2.88. The Bertz CT molecular complexity index is 1690. The summed E-state index contributed by atoms with van der Waals surface area (Å²) in [6.45, 7) is 3.36. The van der Waals surface area contributed by atoms with Gasteiger partial charge in [-0.25, -0.2) is 23.5 Å². The maximum atomic E-state index is 14.5. The summed E-state index contributed by atoms with van der Waals surface area (Å²) < 4.78 is 39.3. The number of hydrogen-bond acceptors (Lipinski definition) is 8. The first-order valence-electron chi connectivity index (χ1n) is 13.1. The third-order valence-corrected chi connectivity index (χ3v) is 7.32. The summed E-state index contributed by atoms with van der Waals surface area (Å²) in [7, 11) is 1.45. The van der Waals surface area contributed by atoms with Gasteiger partial charge in [-0.3, -0.25) is 9.36 Å². The van der Waals surface area contributed by atoms with Gasteiger partial charge in [0.1, 0.15) is 29.5 Å². The maximum Gasteiger partial charge on any atom is 0.332 e. The number of methoxy groups -OCH3 is 1. The van der Waals surface area contributed by atoms with Crippen LogP contribution in [0.2, 0.25) is 0 Å². The monoisotopic (exact) mass is 567 g/mol. The lowest BCUT2D eigenvalue weighted by atomic mass is 10.0. The molecule has 11 nitrogen and oxygen atoms in total. The Labute approximate surface area is 233 Å². The molecule has 1 N–H and O–H groups in total. The fraction of sp³-hybridized carbons (Fsp3) is 0.379. The van der Waals surface area contributed by atoms with Crippen molar-refractivity contribution >= 4 is 16.9 Å². The molecule has 0 bridgehead atoms. The van der Waals surface area contributed by atoms with Gasteiger partial charge in [-0.1, -0.05) is 0 Å². The third kappa shape index (κ3) is 5.40. The van der Waals surface area contributed by atoms with Crippen LogP contribution < -0.4 is 16.0 Å². The third-order valence-electron chi connectivity index (χ3n) is 7.32. The van der Waals surface area contributed by atoms with E-state index in [1.165, 1.54) is 62.2 Å². The molecule has 0 spiro atoms. The van der Waals surface area contributed by atoms with Crippen LogP contribution in [0.1, 0.15) is 38.4 Å². The molecule has 0 radical (unpaired) electrons. The molecule has 4 aromatic rings. The van der Waals surface area contributed by atoms with E-state index in [1.54, 1.807) is 12.1 Å². The average molecular weight is 568 g/mol. The Kier molecular flexibility index (Phi) is 7.78. The van der Waals surface area contributed by atoms with Gasteiger partial charge in [0.25, 0.3) is 5.56 Å². The molecule has 41 heavy (non-hydrogen) atoms. The Balaban J connectivity index is 1.74. The van der Waals surface area contributed by atoms with Gasteiger partial charge in [-0.05, 0) is 63.1 Å². The van der Waals surface area contributed by atoms with E-state index in [9.17, 15) is 23.9 Å². The number of ether oxygens (including phenoxy) is 3. The van der Waals surface area contributed by atoms with E-state index in [4.69, 9.17) is 18.6 Å². The van der Waals surface area contributed by atoms with Gasteiger partial charge in [-0.15, -0.1) is 0 Å². The summed E-state index contributed by atoms with van der Waals surface area (Å²) >= 11 is 0. The van der Waals surface area contributed by atoms with E-state index < -0.39 is 34.7 Å². The SMILES string of the molecule is COc1ccc(F)cc1C(Cn1c(=O)n(C(C)(C)C(=O)O)c(=O)c2cc(-c3ncco3)ccc21)OC1CCOCC1. The van der Waals surface area contributed by atoms with Crippen LogP contribution in [-0.4, -0.2) is 51.6 Å². The number of aromatic nitrogens is 3. The standard InChI is InChI=1S/C29H30FN3O8/c1-29(2,27(35)36)33-26(34)20-14-17(25-31-10-13-40-25)4-6-22(20)32(28(33)37)16-24(41-19-8-11-39-12-9-19)21-15-18(30)5-7-23(21)38-3/h4-7,10,13-15,19,24H,8-9,11-12,16H2,1-3H3,(H,35,36). The highest BCUT2D eigenvalue weighted by molar-refractivity contribution is 5.83. The van der Waals surface area contributed by atoms with Crippen molar-refractivity contribution in [2.24, 2.45) is 0 Å². The molecule has 3 heterocycles. The van der Waals surface area contributed by atoms with Crippen molar-refractivity contribution in [2.75, 3.05) is 20.3 Å². The van der Waals surface area contributed by atoms with Gasteiger partial charge in [0.2, 0.25) is 5.89 Å². The second-order valence-corrected chi connectivity index (χ2v) is 10.3. The molecule has 0 aliphatic carbocycles. The first-order chi connectivity index (χ1) is 19.6. The number of aliphatic carboxylic acids is 1. The zero-order valence-electron chi connectivity index (χ0n) is 22.8. The normalized spacial score (nSPS) is 15.2. The van der Waals surface area contributed by atoms with Gasteiger partial charge in [0.15, 0.2) is 0 Å². The number of oxazole rings is 1. The molecular formula is C29H30FN3O8. The number of carboxylic acids is 1. The van der Waals surface area contributed by atoms with Crippen molar-refractivity contribution in [3.8, 4) is 17.2 Å². The number of hydrogen-bond donors (Lipinski definition) is 1. The Hall–Kier alpha value is -4.29. The van der Waals surface area contributed by atoms with Crippen molar-refractivity contribution in [2.45, 2.75) is 51.0 Å². The predicted octanol–water partition coefficient (Wildman–Crippen LogP) is 3.72. The van der Waals surface area contributed by atoms with Crippen molar-refractivity contribution in [3.05, 3.63) is 81.1 Å². The maximum absolute atomic E-state index is 14.5. The second-order valence-electron chi connectivity index (χ2n) is 10.3. The number of rotatable bonds is 9. The van der Waals surface area contributed by atoms with Crippen LogP contribution in [0, 0.1) is 5.82 Å². The second kappa shape index (κ2) is 11.3. The van der Waals surface area contributed by atoms with Crippen LogP contribution in [0.5, 0.6) is 5.75 Å². The quantitative estimate of drug-likeness (QED) is 0.321. The van der Waals surface area contributed by atoms with E-state index >= 15 is 0 Å². The predicted molar refractivity (Wildman–Crippen MR) is 146 cm³/mol. The summed E-state index contributed by atoms with van der Waals surface area (Å²) in [5, 5.41) is 10.0.